The van der Waals surface area contributed by atoms with Gasteiger partial charge in [0, 0.05) is 52.3 Å². The number of rotatable bonds is 4. The van der Waals surface area contributed by atoms with Gasteiger partial charge in [-0.2, -0.15) is 0 Å². The monoisotopic (exact) mass is 510 g/mol. The predicted octanol–water partition coefficient (Wildman–Crippen LogP) is 6.03. The zero-order chi connectivity index (χ0) is 25.5. The van der Waals surface area contributed by atoms with Crippen LogP contribution in [0, 0.1) is 5.92 Å². The highest BCUT2D eigenvalue weighted by Gasteiger charge is 2.29. The normalized spacial score (nSPS) is 17.8. The van der Waals surface area contributed by atoms with Gasteiger partial charge in [-0.3, -0.25) is 4.79 Å². The smallest absolute Gasteiger partial charge is 0.222 e. The number of anilines is 1. The molecule has 0 bridgehead atoms. The van der Waals surface area contributed by atoms with Gasteiger partial charge in [-0.25, -0.2) is 15.0 Å². The second-order valence-corrected chi connectivity index (χ2v) is 10.0. The van der Waals surface area contributed by atoms with Crippen LogP contribution in [0.5, 0.6) is 0 Å². The van der Waals surface area contributed by atoms with Crippen molar-refractivity contribution in [2.75, 3.05) is 12.8 Å². The minimum Gasteiger partial charge on any atom is -0.383 e. The van der Waals surface area contributed by atoms with Crippen molar-refractivity contribution in [3.05, 3.63) is 72.1 Å². The van der Waals surface area contributed by atoms with Gasteiger partial charge in [-0.1, -0.05) is 48.0 Å². The maximum atomic E-state index is 12.1. The average molecular weight is 511 g/mol. The SMILES string of the molecule is CNC(=O)C1CCC(n2cc(-c3cc4nc(-c5ccccc5)ccc4cc3Cl)c3c(N)ncnc32)CC1. The van der Waals surface area contributed by atoms with E-state index < -0.39 is 0 Å². The molecule has 186 valence electrons. The Kier molecular flexibility index (Phi) is 6.00. The van der Waals surface area contributed by atoms with Crippen LogP contribution in [0.25, 0.3) is 44.3 Å². The molecular weight excluding hydrogens is 484 g/mol. The molecule has 7 nitrogen and oxygen atoms in total. The van der Waals surface area contributed by atoms with Crippen LogP contribution in [-0.4, -0.2) is 32.5 Å². The van der Waals surface area contributed by atoms with Crippen LogP contribution in [0.2, 0.25) is 5.02 Å². The molecule has 1 aliphatic rings. The van der Waals surface area contributed by atoms with Gasteiger partial charge < -0.3 is 15.6 Å². The van der Waals surface area contributed by atoms with E-state index in [2.05, 4.69) is 38.2 Å². The summed E-state index contributed by atoms with van der Waals surface area (Å²) in [6, 6.07) is 18.4. The topological polar surface area (TPSA) is 98.7 Å². The third-order valence-corrected chi connectivity index (χ3v) is 7.80. The van der Waals surface area contributed by atoms with Crippen molar-refractivity contribution in [2.24, 2.45) is 5.92 Å². The third kappa shape index (κ3) is 4.19. The highest BCUT2D eigenvalue weighted by atomic mass is 35.5. The van der Waals surface area contributed by atoms with Crippen molar-refractivity contribution in [2.45, 2.75) is 31.7 Å². The largest absolute Gasteiger partial charge is 0.383 e. The predicted molar refractivity (Wildman–Crippen MR) is 148 cm³/mol. The number of carbonyl (C=O) groups excluding carboxylic acids is 1. The third-order valence-electron chi connectivity index (χ3n) is 7.48. The van der Waals surface area contributed by atoms with Gasteiger partial charge in [-0.15, -0.1) is 0 Å². The first kappa shape index (κ1) is 23.4. The van der Waals surface area contributed by atoms with Crippen molar-refractivity contribution in [3.8, 4) is 22.4 Å². The Bertz CT molecular complexity index is 1620. The number of aromatic nitrogens is 4. The number of nitrogens with one attached hydrogen (secondary N) is 1. The van der Waals surface area contributed by atoms with E-state index in [4.69, 9.17) is 22.3 Å². The van der Waals surface area contributed by atoms with E-state index in [-0.39, 0.29) is 17.9 Å². The lowest BCUT2D eigenvalue weighted by Gasteiger charge is -2.28. The maximum absolute atomic E-state index is 12.1. The molecule has 0 saturated heterocycles. The van der Waals surface area contributed by atoms with Gasteiger partial charge >= 0.3 is 0 Å². The molecule has 5 aromatic rings. The van der Waals surface area contributed by atoms with Crippen molar-refractivity contribution in [1.82, 2.24) is 24.8 Å². The van der Waals surface area contributed by atoms with E-state index in [0.717, 1.165) is 70.0 Å². The molecule has 37 heavy (non-hydrogen) atoms. The lowest BCUT2D eigenvalue weighted by Crippen LogP contribution is -2.31. The summed E-state index contributed by atoms with van der Waals surface area (Å²) in [5, 5.41) is 5.16. The molecule has 3 aromatic heterocycles. The number of fused-ring (bicyclic) bond motifs is 2. The molecule has 8 heteroatoms. The zero-order valence-corrected chi connectivity index (χ0v) is 21.2. The van der Waals surface area contributed by atoms with Gasteiger partial charge in [0.25, 0.3) is 0 Å². The Morgan fingerprint density at radius 2 is 1.81 bits per heavy atom. The summed E-state index contributed by atoms with van der Waals surface area (Å²) in [5.41, 5.74) is 11.7. The highest BCUT2D eigenvalue weighted by Crippen LogP contribution is 2.42. The molecule has 0 spiro atoms. The summed E-state index contributed by atoms with van der Waals surface area (Å²) in [4.78, 5) is 26.0. The zero-order valence-electron chi connectivity index (χ0n) is 20.5. The van der Waals surface area contributed by atoms with Crippen molar-refractivity contribution in [1.29, 1.82) is 0 Å². The fraction of sp³-hybridized carbons (Fsp3) is 0.241. The molecule has 0 aliphatic heterocycles. The summed E-state index contributed by atoms with van der Waals surface area (Å²) in [5.74, 6) is 0.593. The van der Waals surface area contributed by atoms with Crippen molar-refractivity contribution in [3.63, 3.8) is 0 Å². The van der Waals surface area contributed by atoms with E-state index in [1.807, 2.05) is 42.5 Å². The number of hydrogen-bond acceptors (Lipinski definition) is 5. The van der Waals surface area contributed by atoms with E-state index >= 15 is 0 Å². The lowest BCUT2D eigenvalue weighted by atomic mass is 9.85. The highest BCUT2D eigenvalue weighted by molar-refractivity contribution is 6.34. The number of halogens is 1. The van der Waals surface area contributed by atoms with Gasteiger partial charge in [0.1, 0.15) is 17.8 Å². The molecule has 3 heterocycles. The fourth-order valence-electron chi connectivity index (χ4n) is 5.53. The standard InChI is InChI=1S/C29H27ClN6O/c1-32-29(37)18-7-10-20(11-8-18)36-15-22(26-27(31)33-16-34-28(26)36)21-14-25-19(13-23(21)30)9-12-24(35-25)17-5-3-2-4-6-17/h2-6,9,12-16,18,20H,7-8,10-11H2,1H3,(H,32,37)(H2,31,33,34). The fourth-order valence-corrected chi connectivity index (χ4v) is 5.80. The van der Waals surface area contributed by atoms with Gasteiger partial charge in [0.2, 0.25) is 5.91 Å². The second kappa shape index (κ2) is 9.48. The van der Waals surface area contributed by atoms with Gasteiger partial charge in [-0.05, 0) is 43.9 Å². The summed E-state index contributed by atoms with van der Waals surface area (Å²) in [6.45, 7) is 0. The quantitative estimate of drug-likeness (QED) is 0.307. The lowest BCUT2D eigenvalue weighted by molar-refractivity contribution is -0.125. The molecular formula is C29H27ClN6O. The molecule has 0 radical (unpaired) electrons. The molecule has 6 rings (SSSR count). The summed E-state index contributed by atoms with van der Waals surface area (Å²) >= 11 is 6.85. The number of hydrogen-bond donors (Lipinski definition) is 2. The first-order valence-corrected chi connectivity index (χ1v) is 12.9. The summed E-state index contributed by atoms with van der Waals surface area (Å²) in [7, 11) is 1.70. The van der Waals surface area contributed by atoms with Crippen LogP contribution in [0.4, 0.5) is 5.82 Å². The van der Waals surface area contributed by atoms with Gasteiger partial charge in [0.05, 0.1) is 16.6 Å². The van der Waals surface area contributed by atoms with Crippen LogP contribution in [-0.2, 0) is 4.79 Å². The van der Waals surface area contributed by atoms with Gasteiger partial charge in [0.15, 0.2) is 0 Å². The number of nitrogen functional groups attached to an aromatic ring is 1. The minimum atomic E-state index is 0.0575. The Hall–Kier alpha value is -3.97. The van der Waals surface area contributed by atoms with E-state index in [1.54, 1.807) is 7.05 Å². The second-order valence-electron chi connectivity index (χ2n) is 9.61. The Labute approximate surface area is 219 Å². The van der Waals surface area contributed by atoms with Crippen LogP contribution < -0.4 is 11.1 Å². The van der Waals surface area contributed by atoms with E-state index in [0.29, 0.717) is 10.8 Å². The first-order chi connectivity index (χ1) is 18.0. The van der Waals surface area contributed by atoms with Crippen LogP contribution in [0.3, 0.4) is 0 Å². The number of benzene rings is 2. The van der Waals surface area contributed by atoms with Crippen LogP contribution >= 0.6 is 11.6 Å². The van der Waals surface area contributed by atoms with Crippen LogP contribution in [0.1, 0.15) is 31.7 Å². The molecule has 3 N–H and O–H groups in total. The number of carbonyl (C=O) groups is 1. The molecule has 0 atom stereocenters. The summed E-state index contributed by atoms with van der Waals surface area (Å²) < 4.78 is 2.19. The molecule has 1 aliphatic carbocycles. The van der Waals surface area contributed by atoms with Crippen molar-refractivity contribution >= 4 is 45.3 Å². The number of nitrogens with two attached hydrogens (primary N) is 1. The number of pyridine rings is 1. The van der Waals surface area contributed by atoms with E-state index in [9.17, 15) is 4.79 Å². The Balaban J connectivity index is 1.45. The van der Waals surface area contributed by atoms with Crippen LogP contribution in [0.15, 0.2) is 67.1 Å². The maximum Gasteiger partial charge on any atom is 0.222 e. The first-order valence-electron chi connectivity index (χ1n) is 12.5. The number of amides is 1. The van der Waals surface area contributed by atoms with Crippen molar-refractivity contribution < 1.29 is 4.79 Å². The molecule has 1 amide bonds. The number of nitrogens with zero attached hydrogens (tertiary/aromatic N) is 4. The molecule has 1 saturated carbocycles. The molecule has 1 fully saturated rings. The summed E-state index contributed by atoms with van der Waals surface area (Å²) in [6.07, 6.45) is 7.04. The van der Waals surface area contributed by atoms with E-state index in [1.165, 1.54) is 6.33 Å². The Morgan fingerprint density at radius 1 is 1.03 bits per heavy atom. The minimum absolute atomic E-state index is 0.0575. The molecule has 2 aromatic carbocycles. The average Bonchev–Trinajstić information content (AvgIpc) is 3.33. The Morgan fingerprint density at radius 3 is 2.57 bits per heavy atom. The molecule has 0 unspecified atom stereocenters.